The lowest BCUT2D eigenvalue weighted by Gasteiger charge is -2.21. The molecule has 1 aromatic carbocycles. The first-order valence-corrected chi connectivity index (χ1v) is 5.98. The molecule has 0 aliphatic rings. The van der Waals surface area contributed by atoms with Gasteiger partial charge in [0.05, 0.1) is 11.1 Å². The number of rotatable bonds is 5. The Kier molecular flexibility index (Phi) is 4.99. The second-order valence-corrected chi connectivity index (χ2v) is 4.66. The lowest BCUT2D eigenvalue weighted by molar-refractivity contribution is -0.138. The summed E-state index contributed by atoms with van der Waals surface area (Å²) >= 11 is 0. The number of hydrogen-bond donors (Lipinski definition) is 3. The molecule has 0 aromatic heterocycles. The molecule has 3 N–H and O–H groups in total. The van der Waals surface area contributed by atoms with Gasteiger partial charge in [0.25, 0.3) is 0 Å². The molecule has 1 rings (SSSR count). The predicted molar refractivity (Wildman–Crippen MR) is 67.7 cm³/mol. The van der Waals surface area contributed by atoms with E-state index < -0.39 is 23.3 Å². The number of alkyl halides is 3. The van der Waals surface area contributed by atoms with Crippen LogP contribution in [0, 0.1) is 5.92 Å². The van der Waals surface area contributed by atoms with Crippen LogP contribution >= 0.6 is 0 Å². The Morgan fingerprint density at radius 3 is 2.40 bits per heavy atom. The number of nitrogens with one attached hydrogen (secondary N) is 1. The molecule has 20 heavy (non-hydrogen) atoms. The zero-order valence-electron chi connectivity index (χ0n) is 11.0. The van der Waals surface area contributed by atoms with Crippen molar-refractivity contribution in [1.82, 2.24) is 0 Å². The van der Waals surface area contributed by atoms with Crippen molar-refractivity contribution in [2.45, 2.75) is 26.1 Å². The molecule has 0 aliphatic heterocycles. The first-order valence-electron chi connectivity index (χ1n) is 5.98. The third-order valence-corrected chi connectivity index (χ3v) is 3.09. The van der Waals surface area contributed by atoms with Crippen LogP contribution in [-0.2, 0) is 6.18 Å². The topological polar surface area (TPSA) is 69.6 Å². The van der Waals surface area contributed by atoms with Gasteiger partial charge in [0.1, 0.15) is 0 Å². The van der Waals surface area contributed by atoms with Crippen LogP contribution in [0.1, 0.15) is 29.8 Å². The number of aliphatic hydroxyl groups is 1. The maximum atomic E-state index is 12.8. The summed E-state index contributed by atoms with van der Waals surface area (Å²) in [5, 5.41) is 20.6. The minimum Gasteiger partial charge on any atom is -0.478 e. The van der Waals surface area contributed by atoms with Gasteiger partial charge in [-0.25, -0.2) is 4.79 Å². The molecule has 0 spiro atoms. The molecule has 0 saturated carbocycles. The zero-order valence-corrected chi connectivity index (χ0v) is 11.0. The van der Waals surface area contributed by atoms with Crippen molar-refractivity contribution in [2.75, 3.05) is 11.9 Å². The van der Waals surface area contributed by atoms with Crippen LogP contribution in [0.2, 0.25) is 0 Å². The first-order chi connectivity index (χ1) is 9.16. The molecular weight excluding hydrogens is 275 g/mol. The summed E-state index contributed by atoms with van der Waals surface area (Å²) in [4.78, 5) is 10.8. The van der Waals surface area contributed by atoms with Gasteiger partial charge in [-0.05, 0) is 31.0 Å². The highest BCUT2D eigenvalue weighted by Crippen LogP contribution is 2.34. The van der Waals surface area contributed by atoms with Crippen molar-refractivity contribution in [3.05, 3.63) is 29.3 Å². The number of anilines is 1. The number of carboxylic acid groups (broad SMARTS) is 1. The van der Waals surface area contributed by atoms with Crippen molar-refractivity contribution >= 4 is 11.7 Å². The van der Waals surface area contributed by atoms with Crippen molar-refractivity contribution in [2.24, 2.45) is 5.92 Å². The monoisotopic (exact) mass is 291 g/mol. The molecule has 7 heteroatoms. The Balaban J connectivity index is 3.11. The van der Waals surface area contributed by atoms with Gasteiger partial charge < -0.3 is 15.5 Å². The summed E-state index contributed by atoms with van der Waals surface area (Å²) in [6.45, 7) is 3.36. The normalized spacial score (nSPS) is 14.7. The van der Waals surface area contributed by atoms with Crippen LogP contribution in [0.4, 0.5) is 18.9 Å². The van der Waals surface area contributed by atoms with E-state index in [1.54, 1.807) is 13.8 Å². The van der Waals surface area contributed by atoms with Gasteiger partial charge in [0, 0.05) is 18.3 Å². The van der Waals surface area contributed by atoms with Crippen LogP contribution in [0.25, 0.3) is 0 Å². The molecule has 0 saturated heterocycles. The fourth-order valence-corrected chi connectivity index (χ4v) is 1.62. The quantitative estimate of drug-likeness (QED) is 0.780. The van der Waals surface area contributed by atoms with E-state index in [4.69, 9.17) is 10.2 Å². The number of aliphatic hydroxyl groups excluding tert-OH is 1. The Labute approximate surface area is 114 Å². The highest BCUT2D eigenvalue weighted by atomic mass is 19.4. The van der Waals surface area contributed by atoms with E-state index in [9.17, 15) is 18.0 Å². The summed E-state index contributed by atoms with van der Waals surface area (Å²) in [6, 6.07) is 2.71. The molecule has 0 heterocycles. The number of benzene rings is 1. The van der Waals surface area contributed by atoms with Gasteiger partial charge in [-0.1, -0.05) is 6.92 Å². The van der Waals surface area contributed by atoms with E-state index in [1.165, 1.54) is 6.07 Å². The average Bonchev–Trinajstić information content (AvgIpc) is 2.36. The van der Waals surface area contributed by atoms with Crippen LogP contribution in [0.15, 0.2) is 18.2 Å². The summed E-state index contributed by atoms with van der Waals surface area (Å²) in [7, 11) is 0. The van der Waals surface area contributed by atoms with E-state index >= 15 is 0 Å². The van der Waals surface area contributed by atoms with Crippen molar-refractivity contribution < 1.29 is 28.2 Å². The van der Waals surface area contributed by atoms with Gasteiger partial charge in [0.2, 0.25) is 0 Å². The van der Waals surface area contributed by atoms with Gasteiger partial charge in [0.15, 0.2) is 0 Å². The van der Waals surface area contributed by atoms with Crippen molar-refractivity contribution in [3.63, 3.8) is 0 Å². The third kappa shape index (κ3) is 3.86. The molecule has 2 atom stereocenters. The van der Waals surface area contributed by atoms with Gasteiger partial charge in [-0.2, -0.15) is 13.2 Å². The molecule has 0 aliphatic carbocycles. The fourth-order valence-electron chi connectivity index (χ4n) is 1.62. The summed E-state index contributed by atoms with van der Waals surface area (Å²) in [6.07, 6.45) is -4.74. The maximum absolute atomic E-state index is 12.8. The highest BCUT2D eigenvalue weighted by molar-refractivity contribution is 5.90. The second-order valence-electron chi connectivity index (χ2n) is 4.66. The van der Waals surface area contributed by atoms with Gasteiger partial charge in [-0.15, -0.1) is 0 Å². The third-order valence-electron chi connectivity index (χ3n) is 3.09. The lowest BCUT2D eigenvalue weighted by Crippen LogP contribution is -2.26. The number of carboxylic acids is 1. The van der Waals surface area contributed by atoms with E-state index in [-0.39, 0.29) is 24.3 Å². The Morgan fingerprint density at radius 2 is 1.95 bits per heavy atom. The minimum absolute atomic E-state index is 0.104. The molecule has 4 nitrogen and oxygen atoms in total. The van der Waals surface area contributed by atoms with Crippen LogP contribution in [-0.4, -0.2) is 28.8 Å². The number of carbonyl (C=O) groups is 1. The van der Waals surface area contributed by atoms with E-state index in [0.29, 0.717) is 0 Å². The molecule has 2 unspecified atom stereocenters. The standard InChI is InChI=1S/C13H16F3NO3/c1-7(6-18)8(2)17-9-3-4-10(12(19)20)11(5-9)13(14,15)16/h3-5,7-8,17-18H,6H2,1-2H3,(H,19,20). The zero-order chi connectivity index (χ0) is 15.5. The summed E-state index contributed by atoms with van der Waals surface area (Å²) in [5.74, 6) is -1.77. The van der Waals surface area contributed by atoms with Gasteiger partial charge in [-0.3, -0.25) is 0 Å². The molecule has 0 amide bonds. The van der Waals surface area contributed by atoms with E-state index in [0.717, 1.165) is 12.1 Å². The van der Waals surface area contributed by atoms with Crippen LogP contribution in [0.5, 0.6) is 0 Å². The van der Waals surface area contributed by atoms with E-state index in [2.05, 4.69) is 5.32 Å². The second kappa shape index (κ2) is 6.13. The summed E-state index contributed by atoms with van der Waals surface area (Å²) in [5.41, 5.74) is -1.82. The first kappa shape index (κ1) is 16.3. The number of hydrogen-bond acceptors (Lipinski definition) is 3. The highest BCUT2D eigenvalue weighted by Gasteiger charge is 2.35. The van der Waals surface area contributed by atoms with E-state index in [1.807, 2.05) is 0 Å². The smallest absolute Gasteiger partial charge is 0.417 e. The minimum atomic E-state index is -4.74. The molecular formula is C13H16F3NO3. The molecule has 0 radical (unpaired) electrons. The SMILES string of the molecule is CC(CO)C(C)Nc1ccc(C(=O)O)c(C(F)(F)F)c1. The lowest BCUT2D eigenvalue weighted by atomic mass is 10.0. The number of halogens is 3. The summed E-state index contributed by atoms with van der Waals surface area (Å²) < 4.78 is 38.5. The molecule has 0 fully saturated rings. The molecule has 112 valence electrons. The largest absolute Gasteiger partial charge is 0.478 e. The Morgan fingerprint density at radius 1 is 1.35 bits per heavy atom. The molecule has 1 aromatic rings. The number of aromatic carboxylic acids is 1. The van der Waals surface area contributed by atoms with Crippen molar-refractivity contribution in [1.29, 1.82) is 0 Å². The Hall–Kier alpha value is -1.76. The maximum Gasteiger partial charge on any atom is 0.417 e. The van der Waals surface area contributed by atoms with Gasteiger partial charge >= 0.3 is 12.1 Å². The fraction of sp³-hybridized carbons (Fsp3) is 0.462. The average molecular weight is 291 g/mol. The Bertz CT molecular complexity index is 488. The molecule has 0 bridgehead atoms. The van der Waals surface area contributed by atoms with Crippen molar-refractivity contribution in [3.8, 4) is 0 Å². The predicted octanol–water partition coefficient (Wildman–Crippen LogP) is 2.83. The van der Waals surface area contributed by atoms with Crippen LogP contribution < -0.4 is 5.32 Å². The van der Waals surface area contributed by atoms with Crippen LogP contribution in [0.3, 0.4) is 0 Å².